The van der Waals surface area contributed by atoms with Gasteiger partial charge in [-0.2, -0.15) is 0 Å². The molecule has 0 aliphatic carbocycles. The maximum absolute atomic E-state index is 14.8. The number of rotatable bonds is 11. The number of aromatic nitrogens is 2. The van der Waals surface area contributed by atoms with Gasteiger partial charge in [0.2, 0.25) is 11.8 Å². The molecular formula is C46H40F2N4O2. The lowest BCUT2D eigenvalue weighted by atomic mass is 9.97. The Hall–Kier alpha value is -6.28. The van der Waals surface area contributed by atoms with E-state index in [9.17, 15) is 8.78 Å². The van der Waals surface area contributed by atoms with Crippen molar-refractivity contribution in [2.75, 3.05) is 36.0 Å². The van der Waals surface area contributed by atoms with Crippen molar-refractivity contribution in [3.63, 3.8) is 0 Å². The molecule has 6 nitrogen and oxygen atoms in total. The standard InChI is InChI=1S/C46H40F2N4O2/c1-5-51(6-2)41-27-43-39(25-37(41)47)49-45(53-43)35-21-17-33(18-22-35)31-13-9-29(10-14-31)30-11-15-32(16-12-30)34-19-23-36(24-20-34)46-50-40-26-38(48)42(28-44(40)54-46)52(7-3)8-4/h9-28H,5-8H2,1-4H3. The van der Waals surface area contributed by atoms with Crippen LogP contribution in [0.3, 0.4) is 0 Å². The van der Waals surface area contributed by atoms with Crippen LogP contribution in [-0.2, 0) is 0 Å². The molecule has 0 fully saturated rings. The largest absolute Gasteiger partial charge is 0.436 e. The minimum Gasteiger partial charge on any atom is -0.436 e. The second kappa shape index (κ2) is 14.6. The molecule has 0 bridgehead atoms. The summed E-state index contributed by atoms with van der Waals surface area (Å²) in [5, 5.41) is 0. The third kappa shape index (κ3) is 6.60. The maximum atomic E-state index is 14.8. The van der Waals surface area contributed by atoms with E-state index >= 15 is 0 Å². The van der Waals surface area contributed by atoms with Crippen LogP contribution in [0.5, 0.6) is 0 Å². The molecule has 8 aromatic rings. The van der Waals surface area contributed by atoms with E-state index in [0.29, 0.717) is 71.5 Å². The van der Waals surface area contributed by atoms with Crippen LogP contribution in [-0.4, -0.2) is 36.1 Å². The van der Waals surface area contributed by atoms with Gasteiger partial charge in [-0.05, 0) is 85.3 Å². The van der Waals surface area contributed by atoms with Crippen LogP contribution in [0, 0.1) is 11.6 Å². The van der Waals surface area contributed by atoms with Crippen molar-refractivity contribution in [2.24, 2.45) is 0 Å². The van der Waals surface area contributed by atoms with Crippen molar-refractivity contribution >= 4 is 33.6 Å². The second-order valence-electron chi connectivity index (χ2n) is 13.2. The Balaban J connectivity index is 0.945. The normalized spacial score (nSPS) is 11.4. The van der Waals surface area contributed by atoms with Crippen LogP contribution < -0.4 is 9.80 Å². The highest BCUT2D eigenvalue weighted by molar-refractivity contribution is 5.83. The average molecular weight is 719 g/mol. The first kappa shape index (κ1) is 34.8. The van der Waals surface area contributed by atoms with Gasteiger partial charge in [0, 0.05) is 61.6 Å². The smallest absolute Gasteiger partial charge is 0.227 e. The molecule has 0 saturated heterocycles. The number of hydrogen-bond donors (Lipinski definition) is 0. The van der Waals surface area contributed by atoms with E-state index in [2.05, 4.69) is 82.8 Å². The molecule has 0 unspecified atom stereocenters. The first-order valence-corrected chi connectivity index (χ1v) is 18.5. The lowest BCUT2D eigenvalue weighted by Crippen LogP contribution is -2.22. The number of fused-ring (bicyclic) bond motifs is 2. The third-order valence-corrected chi connectivity index (χ3v) is 10.2. The van der Waals surface area contributed by atoms with Gasteiger partial charge in [0.1, 0.15) is 22.7 Å². The Morgan fingerprint density at radius 1 is 0.407 bits per heavy atom. The van der Waals surface area contributed by atoms with Crippen molar-refractivity contribution in [2.45, 2.75) is 27.7 Å². The number of hydrogen-bond acceptors (Lipinski definition) is 6. The molecule has 0 aliphatic heterocycles. The summed E-state index contributed by atoms with van der Waals surface area (Å²) in [5.74, 6) is 0.339. The molecule has 2 aromatic heterocycles. The van der Waals surface area contributed by atoms with E-state index in [1.807, 2.05) is 61.8 Å². The van der Waals surface area contributed by atoms with Crippen molar-refractivity contribution in [1.82, 2.24) is 9.97 Å². The Morgan fingerprint density at radius 3 is 0.926 bits per heavy atom. The van der Waals surface area contributed by atoms with Crippen LogP contribution in [0.15, 0.2) is 130 Å². The maximum Gasteiger partial charge on any atom is 0.227 e. The average Bonchev–Trinajstić information content (AvgIpc) is 3.83. The topological polar surface area (TPSA) is 58.5 Å². The van der Waals surface area contributed by atoms with Gasteiger partial charge in [-0.25, -0.2) is 18.7 Å². The van der Waals surface area contributed by atoms with Crippen LogP contribution in [0.2, 0.25) is 0 Å². The summed E-state index contributed by atoms with van der Waals surface area (Å²) >= 11 is 0. The van der Waals surface area contributed by atoms with E-state index in [1.54, 1.807) is 12.1 Å². The summed E-state index contributed by atoms with van der Waals surface area (Å²) in [7, 11) is 0. The number of halogens is 2. The number of anilines is 2. The lowest BCUT2D eigenvalue weighted by molar-refractivity contribution is 0.610. The Morgan fingerprint density at radius 2 is 0.667 bits per heavy atom. The SMILES string of the molecule is CCN(CC)c1cc2oc(-c3ccc(-c4ccc(-c5ccc(-c6ccc(-c7nc8cc(F)c(N(CC)CC)cc8o7)cc6)cc5)cc4)cc3)nc2cc1F. The van der Waals surface area contributed by atoms with E-state index in [-0.39, 0.29) is 11.6 Å². The first-order valence-electron chi connectivity index (χ1n) is 18.5. The number of benzene rings is 6. The summed E-state index contributed by atoms with van der Waals surface area (Å²) in [6.45, 7) is 10.9. The lowest BCUT2D eigenvalue weighted by Gasteiger charge is -2.21. The molecule has 54 heavy (non-hydrogen) atoms. The number of oxazole rings is 2. The minimum absolute atomic E-state index is 0.296. The van der Waals surface area contributed by atoms with Crippen molar-refractivity contribution < 1.29 is 17.6 Å². The summed E-state index contributed by atoms with van der Waals surface area (Å²) in [4.78, 5) is 13.0. The molecule has 0 aliphatic rings. The summed E-state index contributed by atoms with van der Waals surface area (Å²) < 4.78 is 41.8. The minimum atomic E-state index is -0.296. The van der Waals surface area contributed by atoms with E-state index in [4.69, 9.17) is 8.83 Å². The van der Waals surface area contributed by atoms with Crippen LogP contribution in [0.1, 0.15) is 27.7 Å². The van der Waals surface area contributed by atoms with Crippen LogP contribution in [0.25, 0.3) is 78.5 Å². The second-order valence-corrected chi connectivity index (χ2v) is 13.2. The van der Waals surface area contributed by atoms with Crippen LogP contribution >= 0.6 is 0 Å². The zero-order valence-corrected chi connectivity index (χ0v) is 30.7. The van der Waals surface area contributed by atoms with E-state index in [0.717, 1.165) is 44.5 Å². The molecule has 6 aromatic carbocycles. The van der Waals surface area contributed by atoms with Crippen LogP contribution in [0.4, 0.5) is 20.2 Å². The highest BCUT2D eigenvalue weighted by Crippen LogP contribution is 2.34. The van der Waals surface area contributed by atoms with Gasteiger partial charge in [-0.1, -0.05) is 72.8 Å². The summed E-state index contributed by atoms with van der Waals surface area (Å²) in [5.41, 5.74) is 11.4. The Labute approximate surface area is 313 Å². The highest BCUT2D eigenvalue weighted by Gasteiger charge is 2.17. The van der Waals surface area contributed by atoms with Crippen molar-refractivity contribution in [3.8, 4) is 56.3 Å². The van der Waals surface area contributed by atoms with Gasteiger partial charge in [0.25, 0.3) is 0 Å². The van der Waals surface area contributed by atoms with Crippen molar-refractivity contribution in [1.29, 1.82) is 0 Å². The molecule has 270 valence electrons. The van der Waals surface area contributed by atoms with E-state index < -0.39 is 0 Å². The monoisotopic (exact) mass is 718 g/mol. The van der Waals surface area contributed by atoms with Crippen molar-refractivity contribution in [3.05, 3.63) is 133 Å². The van der Waals surface area contributed by atoms with Gasteiger partial charge in [-0.15, -0.1) is 0 Å². The molecule has 0 amide bonds. The molecule has 8 rings (SSSR count). The van der Waals surface area contributed by atoms with Gasteiger partial charge in [0.05, 0.1) is 11.4 Å². The quantitative estimate of drug-likeness (QED) is 0.133. The fourth-order valence-corrected chi connectivity index (χ4v) is 7.06. The van der Waals surface area contributed by atoms with Gasteiger partial charge < -0.3 is 18.6 Å². The zero-order chi connectivity index (χ0) is 37.3. The molecule has 0 N–H and O–H groups in total. The molecule has 8 heteroatoms. The zero-order valence-electron chi connectivity index (χ0n) is 30.7. The molecule has 0 spiro atoms. The summed E-state index contributed by atoms with van der Waals surface area (Å²) in [6, 6.07) is 39.5. The Kier molecular flexibility index (Phi) is 9.42. The molecular weight excluding hydrogens is 679 g/mol. The Bertz CT molecular complexity index is 2370. The molecule has 0 radical (unpaired) electrons. The van der Waals surface area contributed by atoms with Gasteiger partial charge >= 0.3 is 0 Å². The molecule has 0 saturated carbocycles. The third-order valence-electron chi connectivity index (χ3n) is 10.2. The summed E-state index contributed by atoms with van der Waals surface area (Å²) in [6.07, 6.45) is 0. The predicted octanol–water partition coefficient (Wildman–Crippen LogP) is 12.3. The highest BCUT2D eigenvalue weighted by atomic mass is 19.1. The van der Waals surface area contributed by atoms with E-state index in [1.165, 1.54) is 12.1 Å². The first-order chi connectivity index (χ1) is 26.3. The van der Waals surface area contributed by atoms with Gasteiger partial charge in [-0.3, -0.25) is 0 Å². The molecule has 0 atom stereocenters. The number of nitrogens with zero attached hydrogens (tertiary/aromatic N) is 4. The molecule has 2 heterocycles. The fourth-order valence-electron chi connectivity index (χ4n) is 7.06. The predicted molar refractivity (Wildman–Crippen MR) is 216 cm³/mol. The fraction of sp³-hybridized carbons (Fsp3) is 0.174. The van der Waals surface area contributed by atoms with Gasteiger partial charge in [0.15, 0.2) is 11.2 Å².